The van der Waals surface area contributed by atoms with Gasteiger partial charge in [0.05, 0.1) is 18.3 Å². The first-order valence-corrected chi connectivity index (χ1v) is 9.45. The van der Waals surface area contributed by atoms with Gasteiger partial charge in [0.1, 0.15) is 0 Å². The van der Waals surface area contributed by atoms with Crippen LogP contribution in [0.3, 0.4) is 0 Å². The molecule has 0 fully saturated rings. The fourth-order valence-electron chi connectivity index (χ4n) is 3.10. The summed E-state index contributed by atoms with van der Waals surface area (Å²) in [6.45, 7) is 3.85. The molecule has 1 aliphatic heterocycles. The van der Waals surface area contributed by atoms with E-state index < -0.39 is 5.97 Å². The highest BCUT2D eigenvalue weighted by Crippen LogP contribution is 2.35. The van der Waals surface area contributed by atoms with Crippen LogP contribution in [-0.4, -0.2) is 19.0 Å². The number of benzene rings is 2. The molecular weight excluding hydrogens is 406 g/mol. The molecule has 1 aliphatic rings. The lowest BCUT2D eigenvalue weighted by Crippen LogP contribution is -2.24. The Morgan fingerprint density at radius 1 is 1.11 bits per heavy atom. The topological polar surface area (TPSA) is 46.6 Å². The Kier molecular flexibility index (Phi) is 5.61. The summed E-state index contributed by atoms with van der Waals surface area (Å²) in [5, 5.41) is 0. The second-order valence-electron chi connectivity index (χ2n) is 6.22. The van der Waals surface area contributed by atoms with Gasteiger partial charge in [0.15, 0.2) is 0 Å². The largest absolute Gasteiger partial charge is 0.465 e. The Morgan fingerprint density at radius 3 is 2.30 bits per heavy atom. The van der Waals surface area contributed by atoms with Crippen molar-refractivity contribution in [3.05, 3.63) is 81.0 Å². The Hall–Kier alpha value is -2.66. The van der Waals surface area contributed by atoms with E-state index in [1.54, 1.807) is 17.9 Å². The van der Waals surface area contributed by atoms with Crippen LogP contribution in [0.5, 0.6) is 0 Å². The zero-order valence-corrected chi connectivity index (χ0v) is 17.0. The predicted molar refractivity (Wildman–Crippen MR) is 110 cm³/mol. The lowest BCUT2D eigenvalue weighted by atomic mass is 10.0. The maximum Gasteiger partial charge on any atom is 0.340 e. The summed E-state index contributed by atoms with van der Waals surface area (Å²) in [5.74, 6) is -0.758. The minimum absolute atomic E-state index is 0.241. The molecular formula is C22H20BrNO3. The van der Waals surface area contributed by atoms with Gasteiger partial charge in [-0.2, -0.15) is 0 Å². The minimum Gasteiger partial charge on any atom is -0.465 e. The number of rotatable bonds is 4. The van der Waals surface area contributed by atoms with Crippen molar-refractivity contribution in [3.8, 4) is 0 Å². The van der Waals surface area contributed by atoms with Crippen LogP contribution in [0.25, 0.3) is 6.08 Å². The molecule has 5 heteroatoms. The zero-order chi connectivity index (χ0) is 19.6. The second kappa shape index (κ2) is 7.92. The summed E-state index contributed by atoms with van der Waals surface area (Å²) < 4.78 is 5.85. The first-order chi connectivity index (χ1) is 13.0. The number of carbonyl (C=O) groups is 2. The Morgan fingerprint density at radius 2 is 1.74 bits per heavy atom. The highest BCUT2D eigenvalue weighted by molar-refractivity contribution is 9.10. The van der Waals surface area contributed by atoms with E-state index in [9.17, 15) is 9.59 Å². The van der Waals surface area contributed by atoms with Crippen LogP contribution in [-0.2, 0) is 20.7 Å². The molecule has 3 rings (SSSR count). The molecule has 4 nitrogen and oxygen atoms in total. The van der Waals surface area contributed by atoms with Crippen LogP contribution >= 0.6 is 15.9 Å². The molecule has 27 heavy (non-hydrogen) atoms. The number of anilines is 1. The van der Waals surface area contributed by atoms with Gasteiger partial charge in [-0.15, -0.1) is 0 Å². The van der Waals surface area contributed by atoms with Crippen molar-refractivity contribution in [1.29, 1.82) is 0 Å². The van der Waals surface area contributed by atoms with Gasteiger partial charge in [-0.05, 0) is 54.8 Å². The third-order valence-corrected chi connectivity index (χ3v) is 5.10. The van der Waals surface area contributed by atoms with E-state index in [4.69, 9.17) is 4.74 Å². The number of carbonyl (C=O) groups excluding carboxylic acids is 2. The van der Waals surface area contributed by atoms with Crippen molar-refractivity contribution < 1.29 is 14.3 Å². The summed E-state index contributed by atoms with van der Waals surface area (Å²) in [6.07, 6.45) is 2.69. The molecule has 0 aromatic heterocycles. The number of esters is 1. The maximum absolute atomic E-state index is 13.2. The summed E-state index contributed by atoms with van der Waals surface area (Å²) >= 11 is 3.40. The van der Waals surface area contributed by atoms with Crippen LogP contribution in [0.2, 0.25) is 0 Å². The van der Waals surface area contributed by atoms with Crippen LogP contribution in [0.1, 0.15) is 25.0 Å². The lowest BCUT2D eigenvalue weighted by molar-refractivity contribution is -0.136. The normalized spacial score (nSPS) is 15.6. The SMILES string of the molecule is CCc1ccc(/C=C2\C(=O)N(c3ccc(Br)cc3)C(C)=C2C(=O)OC)cc1. The lowest BCUT2D eigenvalue weighted by Gasteiger charge is -2.18. The van der Waals surface area contributed by atoms with E-state index in [-0.39, 0.29) is 5.91 Å². The number of hydrogen-bond donors (Lipinski definition) is 0. The molecule has 0 atom stereocenters. The van der Waals surface area contributed by atoms with Crippen molar-refractivity contribution in [3.63, 3.8) is 0 Å². The monoisotopic (exact) mass is 425 g/mol. The van der Waals surface area contributed by atoms with E-state index in [1.165, 1.54) is 12.7 Å². The molecule has 2 aromatic carbocycles. The third kappa shape index (κ3) is 3.74. The summed E-state index contributed by atoms with van der Waals surface area (Å²) in [4.78, 5) is 27.1. The fraction of sp³-hybridized carbons (Fsp3) is 0.182. The number of amides is 1. The number of hydrogen-bond acceptors (Lipinski definition) is 3. The van der Waals surface area contributed by atoms with Crippen molar-refractivity contribution in [2.75, 3.05) is 12.0 Å². The highest BCUT2D eigenvalue weighted by Gasteiger charge is 2.37. The second-order valence-corrected chi connectivity index (χ2v) is 7.14. The molecule has 1 amide bonds. The van der Waals surface area contributed by atoms with Crippen LogP contribution in [0.4, 0.5) is 5.69 Å². The third-order valence-electron chi connectivity index (χ3n) is 4.57. The van der Waals surface area contributed by atoms with E-state index in [0.29, 0.717) is 22.5 Å². The van der Waals surface area contributed by atoms with Crippen molar-refractivity contribution in [1.82, 2.24) is 0 Å². The van der Waals surface area contributed by atoms with Gasteiger partial charge < -0.3 is 4.74 Å². The van der Waals surface area contributed by atoms with E-state index >= 15 is 0 Å². The van der Waals surface area contributed by atoms with E-state index in [2.05, 4.69) is 22.9 Å². The summed E-state index contributed by atoms with van der Waals surface area (Å²) in [6, 6.07) is 15.3. The van der Waals surface area contributed by atoms with Gasteiger partial charge in [-0.3, -0.25) is 9.69 Å². The summed E-state index contributed by atoms with van der Waals surface area (Å²) in [7, 11) is 1.32. The average molecular weight is 426 g/mol. The summed E-state index contributed by atoms with van der Waals surface area (Å²) in [5.41, 5.74) is 3.97. The van der Waals surface area contributed by atoms with E-state index in [1.807, 2.05) is 48.5 Å². The average Bonchev–Trinajstić information content (AvgIpc) is 2.92. The predicted octanol–water partition coefficient (Wildman–Crippen LogP) is 4.89. The first-order valence-electron chi connectivity index (χ1n) is 8.66. The smallest absolute Gasteiger partial charge is 0.340 e. The van der Waals surface area contributed by atoms with Crippen LogP contribution in [0.15, 0.2) is 69.8 Å². The van der Waals surface area contributed by atoms with Gasteiger partial charge in [0.2, 0.25) is 0 Å². The first kappa shape index (κ1) is 19.1. The van der Waals surface area contributed by atoms with Crippen molar-refractivity contribution >= 4 is 39.6 Å². The molecule has 1 heterocycles. The number of nitrogens with zero attached hydrogens (tertiary/aromatic N) is 1. The molecule has 0 spiro atoms. The zero-order valence-electron chi connectivity index (χ0n) is 15.5. The van der Waals surface area contributed by atoms with Gasteiger partial charge in [-0.1, -0.05) is 47.1 Å². The molecule has 0 N–H and O–H groups in total. The molecule has 2 aromatic rings. The molecule has 0 aliphatic carbocycles. The highest BCUT2D eigenvalue weighted by atomic mass is 79.9. The van der Waals surface area contributed by atoms with Gasteiger partial charge in [-0.25, -0.2) is 4.79 Å². The Bertz CT molecular complexity index is 941. The minimum atomic E-state index is -0.517. The van der Waals surface area contributed by atoms with Crippen LogP contribution < -0.4 is 4.90 Å². The number of methoxy groups -OCH3 is 1. The molecule has 0 bridgehead atoms. The van der Waals surface area contributed by atoms with Crippen molar-refractivity contribution in [2.24, 2.45) is 0 Å². The van der Waals surface area contributed by atoms with Crippen molar-refractivity contribution in [2.45, 2.75) is 20.3 Å². The number of allylic oxidation sites excluding steroid dienone is 1. The Labute approximate surface area is 167 Å². The van der Waals surface area contributed by atoms with Gasteiger partial charge in [0, 0.05) is 15.9 Å². The number of ether oxygens (including phenoxy) is 1. The fourth-order valence-corrected chi connectivity index (χ4v) is 3.36. The number of aryl methyl sites for hydroxylation is 1. The molecule has 138 valence electrons. The maximum atomic E-state index is 13.2. The molecule has 0 saturated carbocycles. The molecule has 0 saturated heterocycles. The van der Waals surface area contributed by atoms with E-state index in [0.717, 1.165) is 16.5 Å². The molecule has 0 unspecified atom stereocenters. The Balaban J connectivity index is 2.09. The standard InChI is InChI=1S/C22H20BrNO3/c1-4-15-5-7-16(8-6-15)13-19-20(22(26)27-3)14(2)24(21(19)25)18-11-9-17(23)10-12-18/h5-13H,4H2,1-3H3/b19-13-. The number of halogens is 1. The van der Waals surface area contributed by atoms with Gasteiger partial charge in [0.25, 0.3) is 5.91 Å². The molecule has 0 radical (unpaired) electrons. The quantitative estimate of drug-likeness (QED) is 0.517. The van der Waals surface area contributed by atoms with Crippen LogP contribution in [0, 0.1) is 0 Å². The van der Waals surface area contributed by atoms with Gasteiger partial charge >= 0.3 is 5.97 Å².